The van der Waals surface area contributed by atoms with Crippen LogP contribution in [0.15, 0.2) is 0 Å². The van der Waals surface area contributed by atoms with Gasteiger partial charge in [-0.3, -0.25) is 14.5 Å². The highest BCUT2D eigenvalue weighted by Crippen LogP contribution is 2.22. The van der Waals surface area contributed by atoms with Crippen LogP contribution in [0.25, 0.3) is 0 Å². The summed E-state index contributed by atoms with van der Waals surface area (Å²) in [4.78, 5) is 24.3. The summed E-state index contributed by atoms with van der Waals surface area (Å²) in [6.45, 7) is 7.72. The predicted octanol–water partition coefficient (Wildman–Crippen LogP) is 0.554. The first-order valence-electron chi connectivity index (χ1n) is 6.13. The molecule has 1 rings (SSSR count). The molecule has 2 N–H and O–H groups in total. The number of piperidine rings is 1. The maximum atomic E-state index is 11.7. The Morgan fingerprint density at radius 3 is 2.35 bits per heavy atom. The number of amides is 1. The van der Waals surface area contributed by atoms with E-state index in [0.29, 0.717) is 11.8 Å². The molecule has 1 heterocycles. The van der Waals surface area contributed by atoms with Gasteiger partial charge in [-0.25, -0.2) is 0 Å². The zero-order chi connectivity index (χ0) is 13.0. The number of carbonyl (C=O) groups excluding carboxylic acids is 1. The lowest BCUT2D eigenvalue weighted by molar-refractivity contribution is -0.138. The van der Waals surface area contributed by atoms with Gasteiger partial charge in [0.05, 0.1) is 6.04 Å². The van der Waals surface area contributed by atoms with E-state index in [2.05, 4.69) is 24.1 Å². The molecule has 0 saturated carbocycles. The van der Waals surface area contributed by atoms with Gasteiger partial charge in [0.25, 0.3) is 0 Å². The molecule has 0 aromatic carbocycles. The Kier molecular flexibility index (Phi) is 4.93. The minimum absolute atomic E-state index is 0.200. The van der Waals surface area contributed by atoms with Crippen LogP contribution in [0.3, 0.4) is 0 Å². The third-order valence-electron chi connectivity index (χ3n) is 3.24. The van der Waals surface area contributed by atoms with Crippen LogP contribution in [0.5, 0.6) is 0 Å². The normalized spacial score (nSPS) is 27.5. The van der Waals surface area contributed by atoms with Gasteiger partial charge in [-0.2, -0.15) is 0 Å². The number of nitrogens with zero attached hydrogens (tertiary/aromatic N) is 1. The van der Waals surface area contributed by atoms with Crippen molar-refractivity contribution in [3.8, 4) is 0 Å². The molecule has 3 unspecified atom stereocenters. The maximum Gasteiger partial charge on any atom is 0.322 e. The zero-order valence-electron chi connectivity index (χ0n) is 10.8. The minimum Gasteiger partial charge on any atom is -0.480 e. The Morgan fingerprint density at radius 2 is 1.88 bits per heavy atom. The Bertz CT molecular complexity index is 283. The van der Waals surface area contributed by atoms with Gasteiger partial charge in [0.2, 0.25) is 5.91 Å². The largest absolute Gasteiger partial charge is 0.480 e. The van der Waals surface area contributed by atoms with Crippen molar-refractivity contribution in [2.75, 3.05) is 19.6 Å². The maximum absolute atomic E-state index is 11.7. The van der Waals surface area contributed by atoms with Crippen molar-refractivity contribution in [2.24, 2.45) is 11.8 Å². The van der Waals surface area contributed by atoms with Crippen LogP contribution in [-0.2, 0) is 9.59 Å². The van der Waals surface area contributed by atoms with E-state index in [-0.39, 0.29) is 18.5 Å². The van der Waals surface area contributed by atoms with Gasteiger partial charge in [-0.1, -0.05) is 13.8 Å². The van der Waals surface area contributed by atoms with Crippen LogP contribution in [0.4, 0.5) is 0 Å². The average Bonchev–Trinajstić information content (AvgIpc) is 2.23. The Labute approximate surface area is 102 Å². The fraction of sp³-hybridized carbons (Fsp3) is 0.833. The zero-order valence-corrected chi connectivity index (χ0v) is 10.8. The molecule has 3 atom stereocenters. The standard InChI is InChI=1S/C12H22N2O3/c1-8-4-9(2)7-14(6-8)10(3)12(17)13-5-11(15)16/h8-10H,4-7H2,1-3H3,(H,13,17)(H,15,16). The summed E-state index contributed by atoms with van der Waals surface area (Å²) in [6, 6.07) is -0.250. The smallest absolute Gasteiger partial charge is 0.322 e. The summed E-state index contributed by atoms with van der Waals surface area (Å²) in [7, 11) is 0. The molecule has 0 aromatic heterocycles. The number of nitrogens with one attached hydrogen (secondary N) is 1. The van der Waals surface area contributed by atoms with Gasteiger partial charge in [0.1, 0.15) is 6.54 Å². The van der Waals surface area contributed by atoms with E-state index in [9.17, 15) is 9.59 Å². The summed E-state index contributed by atoms with van der Waals surface area (Å²) in [5.74, 6) is -0.0263. The highest BCUT2D eigenvalue weighted by molar-refractivity contribution is 5.84. The van der Waals surface area contributed by atoms with E-state index < -0.39 is 5.97 Å². The van der Waals surface area contributed by atoms with E-state index in [0.717, 1.165) is 13.1 Å². The average molecular weight is 242 g/mol. The van der Waals surface area contributed by atoms with E-state index in [1.807, 2.05) is 6.92 Å². The third kappa shape index (κ3) is 4.34. The molecule has 98 valence electrons. The summed E-state index contributed by atoms with van der Waals surface area (Å²) < 4.78 is 0. The highest BCUT2D eigenvalue weighted by Gasteiger charge is 2.28. The molecule has 1 amide bonds. The molecule has 0 spiro atoms. The lowest BCUT2D eigenvalue weighted by Crippen LogP contribution is -2.51. The number of likely N-dealkylation sites (tertiary alicyclic amines) is 1. The van der Waals surface area contributed by atoms with Crippen LogP contribution >= 0.6 is 0 Å². The van der Waals surface area contributed by atoms with Crippen molar-refractivity contribution < 1.29 is 14.7 Å². The topological polar surface area (TPSA) is 69.6 Å². The van der Waals surface area contributed by atoms with Crippen LogP contribution in [0, 0.1) is 11.8 Å². The monoisotopic (exact) mass is 242 g/mol. The second kappa shape index (κ2) is 6.00. The highest BCUT2D eigenvalue weighted by atomic mass is 16.4. The Morgan fingerprint density at radius 1 is 1.35 bits per heavy atom. The fourth-order valence-electron chi connectivity index (χ4n) is 2.50. The first-order valence-corrected chi connectivity index (χ1v) is 6.13. The first kappa shape index (κ1) is 14.0. The van der Waals surface area contributed by atoms with E-state index in [4.69, 9.17) is 5.11 Å². The molecular weight excluding hydrogens is 220 g/mol. The number of hydrogen-bond donors (Lipinski definition) is 2. The molecule has 0 bridgehead atoms. The lowest BCUT2D eigenvalue weighted by Gasteiger charge is -2.38. The number of hydrogen-bond acceptors (Lipinski definition) is 3. The van der Waals surface area contributed by atoms with E-state index >= 15 is 0 Å². The molecule has 1 aliphatic rings. The van der Waals surface area contributed by atoms with Crippen molar-refractivity contribution in [3.63, 3.8) is 0 Å². The van der Waals surface area contributed by atoms with Gasteiger partial charge in [-0.15, -0.1) is 0 Å². The van der Waals surface area contributed by atoms with Gasteiger partial charge in [0, 0.05) is 13.1 Å². The van der Waals surface area contributed by atoms with Crippen LogP contribution < -0.4 is 5.32 Å². The summed E-state index contributed by atoms with van der Waals surface area (Å²) in [5, 5.41) is 10.9. The van der Waals surface area contributed by atoms with Crippen molar-refractivity contribution in [3.05, 3.63) is 0 Å². The molecule has 1 fully saturated rings. The second-order valence-electron chi connectivity index (χ2n) is 5.19. The predicted molar refractivity (Wildman–Crippen MR) is 64.6 cm³/mol. The number of carbonyl (C=O) groups is 2. The molecule has 0 radical (unpaired) electrons. The molecule has 0 aromatic rings. The summed E-state index contributed by atoms with van der Waals surface area (Å²) in [5.41, 5.74) is 0. The number of carboxylic acids is 1. The number of aliphatic carboxylic acids is 1. The molecule has 1 saturated heterocycles. The van der Waals surface area contributed by atoms with Crippen molar-refractivity contribution in [1.29, 1.82) is 0 Å². The van der Waals surface area contributed by atoms with Crippen molar-refractivity contribution in [1.82, 2.24) is 10.2 Å². The number of rotatable bonds is 4. The van der Waals surface area contributed by atoms with Crippen LogP contribution in [0.2, 0.25) is 0 Å². The quantitative estimate of drug-likeness (QED) is 0.755. The molecule has 1 aliphatic heterocycles. The van der Waals surface area contributed by atoms with Gasteiger partial charge >= 0.3 is 5.97 Å². The molecule has 17 heavy (non-hydrogen) atoms. The van der Waals surface area contributed by atoms with Crippen LogP contribution in [-0.4, -0.2) is 47.6 Å². The molecule has 0 aliphatic carbocycles. The van der Waals surface area contributed by atoms with Crippen LogP contribution in [0.1, 0.15) is 27.2 Å². The van der Waals surface area contributed by atoms with Gasteiger partial charge in [0.15, 0.2) is 0 Å². The Hall–Kier alpha value is -1.10. The summed E-state index contributed by atoms with van der Waals surface area (Å²) in [6.07, 6.45) is 1.19. The second-order valence-corrected chi connectivity index (χ2v) is 5.19. The van der Waals surface area contributed by atoms with Gasteiger partial charge < -0.3 is 10.4 Å². The van der Waals surface area contributed by atoms with E-state index in [1.165, 1.54) is 6.42 Å². The summed E-state index contributed by atoms with van der Waals surface area (Å²) >= 11 is 0. The minimum atomic E-state index is -1.01. The lowest BCUT2D eigenvalue weighted by atomic mass is 9.91. The van der Waals surface area contributed by atoms with Crippen molar-refractivity contribution in [2.45, 2.75) is 33.2 Å². The van der Waals surface area contributed by atoms with E-state index in [1.54, 1.807) is 0 Å². The number of carboxylic acid groups (broad SMARTS) is 1. The third-order valence-corrected chi connectivity index (χ3v) is 3.24. The Balaban J connectivity index is 2.47. The molecular formula is C12H22N2O3. The van der Waals surface area contributed by atoms with Gasteiger partial charge in [-0.05, 0) is 25.2 Å². The van der Waals surface area contributed by atoms with Crippen molar-refractivity contribution >= 4 is 11.9 Å². The first-order chi connectivity index (χ1) is 7.90. The fourth-order valence-corrected chi connectivity index (χ4v) is 2.50. The molecule has 5 nitrogen and oxygen atoms in total. The molecule has 5 heteroatoms. The SMILES string of the molecule is CC1CC(C)CN(C(C)C(=O)NCC(=O)O)C1.